The van der Waals surface area contributed by atoms with Gasteiger partial charge in [0.25, 0.3) is 5.92 Å². The van der Waals surface area contributed by atoms with Crippen LogP contribution in [0.5, 0.6) is 0 Å². The molecule has 0 bridgehead atoms. The second-order valence-electron chi connectivity index (χ2n) is 8.98. The molecule has 8 heteroatoms. The van der Waals surface area contributed by atoms with Gasteiger partial charge in [-0.2, -0.15) is 0 Å². The van der Waals surface area contributed by atoms with Crippen molar-refractivity contribution in [2.75, 3.05) is 6.61 Å². The Hall–Kier alpha value is -4.04. The van der Waals surface area contributed by atoms with E-state index in [0.717, 1.165) is 40.9 Å². The summed E-state index contributed by atoms with van der Waals surface area (Å²) in [4.78, 5) is 28.6. The number of rotatable bonds is 8. The number of alkyl carbamates (subject to hydrolysis) is 1. The number of hydrogen-bond donors (Lipinski definition) is 1. The first-order chi connectivity index (χ1) is 18.4. The zero-order valence-corrected chi connectivity index (χ0v) is 21.3. The zero-order chi connectivity index (χ0) is 26.7. The fraction of sp³-hybridized carbons (Fsp3) is 0.167. The highest BCUT2D eigenvalue weighted by atomic mass is 32.2. The van der Waals surface area contributed by atoms with Gasteiger partial charge in [-0.15, -0.1) is 0 Å². The standard InChI is InChI=1S/C30H24F2N2O3S/c1-30(31,32)26-14-6-8-19(27(26)38-28-20(17-35)9-7-15-33-28)16-34-29(36)37-18-25-23-12-4-2-10-21(23)22-11-3-5-13-24(22)25/h2-15,17,25H,16,18H2,1H3,(H,34,36). The summed E-state index contributed by atoms with van der Waals surface area (Å²) in [7, 11) is 0. The van der Waals surface area contributed by atoms with Crippen molar-refractivity contribution in [2.24, 2.45) is 0 Å². The number of hydrogen-bond acceptors (Lipinski definition) is 5. The summed E-state index contributed by atoms with van der Waals surface area (Å²) in [6.07, 6.45) is 1.48. The minimum absolute atomic E-state index is 0.0355. The van der Waals surface area contributed by atoms with Crippen LogP contribution in [0, 0.1) is 0 Å². The Bertz CT molecular complexity index is 1460. The molecule has 38 heavy (non-hydrogen) atoms. The van der Waals surface area contributed by atoms with Gasteiger partial charge in [-0.25, -0.2) is 18.6 Å². The normalized spacial score (nSPS) is 12.5. The average Bonchev–Trinajstić information content (AvgIpc) is 3.24. The smallest absolute Gasteiger partial charge is 0.407 e. The number of nitrogens with one attached hydrogen (secondary N) is 1. The number of carbonyl (C=O) groups is 2. The molecule has 0 aliphatic heterocycles. The number of pyridine rings is 1. The van der Waals surface area contributed by atoms with E-state index in [4.69, 9.17) is 4.74 Å². The number of benzene rings is 3. The van der Waals surface area contributed by atoms with Crippen LogP contribution in [0.15, 0.2) is 95.0 Å². The molecule has 192 valence electrons. The van der Waals surface area contributed by atoms with Gasteiger partial charge < -0.3 is 10.1 Å². The van der Waals surface area contributed by atoms with Crippen LogP contribution in [-0.2, 0) is 17.2 Å². The lowest BCUT2D eigenvalue weighted by Gasteiger charge is -2.19. The summed E-state index contributed by atoms with van der Waals surface area (Å²) < 4.78 is 34.6. The van der Waals surface area contributed by atoms with Gasteiger partial charge in [0.05, 0.1) is 0 Å². The predicted octanol–water partition coefficient (Wildman–Crippen LogP) is 7.20. The molecule has 0 radical (unpaired) electrons. The molecular formula is C30H24F2N2O3S. The quantitative estimate of drug-likeness (QED) is 0.244. The van der Waals surface area contributed by atoms with Crippen LogP contribution in [0.2, 0.25) is 0 Å². The summed E-state index contributed by atoms with van der Waals surface area (Å²) in [5, 5.41) is 3.00. The molecule has 3 aromatic carbocycles. The zero-order valence-electron chi connectivity index (χ0n) is 20.5. The Balaban J connectivity index is 1.32. The second kappa shape index (κ2) is 10.8. The fourth-order valence-corrected chi connectivity index (χ4v) is 5.85. The van der Waals surface area contributed by atoms with Crippen molar-refractivity contribution in [1.29, 1.82) is 0 Å². The van der Waals surface area contributed by atoms with E-state index in [0.29, 0.717) is 22.4 Å². The average molecular weight is 531 g/mol. The third-order valence-electron chi connectivity index (χ3n) is 6.46. The number of fused-ring (bicyclic) bond motifs is 3. The van der Waals surface area contributed by atoms with Gasteiger partial charge in [-0.3, -0.25) is 4.79 Å². The Kier molecular flexibility index (Phi) is 7.24. The summed E-state index contributed by atoms with van der Waals surface area (Å²) in [6, 6.07) is 23.8. The fourth-order valence-electron chi connectivity index (χ4n) is 4.68. The van der Waals surface area contributed by atoms with Gasteiger partial charge >= 0.3 is 6.09 Å². The molecule has 5 nitrogen and oxygen atoms in total. The topological polar surface area (TPSA) is 68.3 Å². The number of ether oxygens (including phenoxy) is 1. The van der Waals surface area contributed by atoms with Crippen LogP contribution in [0.4, 0.5) is 13.6 Å². The van der Waals surface area contributed by atoms with Crippen molar-refractivity contribution in [1.82, 2.24) is 10.3 Å². The summed E-state index contributed by atoms with van der Waals surface area (Å²) in [5.41, 5.74) is 4.99. The Labute approximate surface area is 223 Å². The number of alkyl halides is 2. The monoisotopic (exact) mass is 530 g/mol. The van der Waals surface area contributed by atoms with Gasteiger partial charge in [0.1, 0.15) is 11.6 Å². The van der Waals surface area contributed by atoms with Crippen LogP contribution in [-0.4, -0.2) is 24.0 Å². The molecule has 0 saturated carbocycles. The van der Waals surface area contributed by atoms with Crippen LogP contribution < -0.4 is 5.32 Å². The number of aromatic nitrogens is 1. The molecule has 1 N–H and O–H groups in total. The van der Waals surface area contributed by atoms with Crippen molar-refractivity contribution >= 4 is 24.1 Å². The van der Waals surface area contributed by atoms with Crippen molar-refractivity contribution in [3.63, 3.8) is 0 Å². The molecule has 1 heterocycles. The van der Waals surface area contributed by atoms with Crippen molar-refractivity contribution < 1.29 is 23.1 Å². The lowest BCUT2D eigenvalue weighted by molar-refractivity contribution is 0.0145. The largest absolute Gasteiger partial charge is 0.449 e. The first-order valence-electron chi connectivity index (χ1n) is 12.0. The second-order valence-corrected chi connectivity index (χ2v) is 9.98. The molecule has 5 rings (SSSR count). The van der Waals surface area contributed by atoms with Crippen LogP contribution in [0.25, 0.3) is 11.1 Å². The molecule has 4 aromatic rings. The molecule has 0 fully saturated rings. The van der Waals surface area contributed by atoms with Crippen LogP contribution >= 0.6 is 11.8 Å². The van der Waals surface area contributed by atoms with Gasteiger partial charge in [-0.05, 0) is 39.9 Å². The van der Waals surface area contributed by atoms with Gasteiger partial charge in [-0.1, -0.05) is 78.5 Å². The Morgan fingerprint density at radius 2 is 1.68 bits per heavy atom. The summed E-state index contributed by atoms with van der Waals surface area (Å²) in [6.45, 7) is 0.922. The molecule has 1 aromatic heterocycles. The van der Waals surface area contributed by atoms with Crippen LogP contribution in [0.3, 0.4) is 0 Å². The van der Waals surface area contributed by atoms with E-state index in [2.05, 4.69) is 22.4 Å². The molecular weight excluding hydrogens is 506 g/mol. The van der Waals surface area contributed by atoms with E-state index in [9.17, 15) is 18.4 Å². The first-order valence-corrected chi connectivity index (χ1v) is 12.9. The lowest BCUT2D eigenvalue weighted by Crippen LogP contribution is -2.26. The Morgan fingerprint density at radius 3 is 2.34 bits per heavy atom. The lowest BCUT2D eigenvalue weighted by atomic mass is 9.98. The Morgan fingerprint density at radius 1 is 1.00 bits per heavy atom. The minimum atomic E-state index is -3.14. The highest BCUT2D eigenvalue weighted by Gasteiger charge is 2.31. The summed E-state index contributed by atoms with van der Waals surface area (Å²) in [5.74, 6) is -3.23. The molecule has 1 aliphatic carbocycles. The maximum Gasteiger partial charge on any atom is 0.407 e. The van der Waals surface area contributed by atoms with Crippen molar-refractivity contribution in [3.8, 4) is 11.1 Å². The maximum atomic E-state index is 14.5. The van der Waals surface area contributed by atoms with Gasteiger partial charge in [0.2, 0.25) is 0 Å². The van der Waals surface area contributed by atoms with E-state index in [1.807, 2.05) is 36.4 Å². The molecule has 1 amide bonds. The molecule has 1 aliphatic rings. The van der Waals surface area contributed by atoms with Crippen molar-refractivity contribution in [3.05, 3.63) is 113 Å². The number of aldehydes is 1. The van der Waals surface area contributed by atoms with E-state index in [1.165, 1.54) is 18.3 Å². The number of halogens is 2. The molecule has 0 atom stereocenters. The molecule has 0 spiro atoms. The van der Waals surface area contributed by atoms with E-state index in [1.54, 1.807) is 18.2 Å². The number of amides is 1. The third kappa shape index (κ3) is 5.17. The third-order valence-corrected chi connectivity index (χ3v) is 7.68. The van der Waals surface area contributed by atoms with Gasteiger partial charge in [0.15, 0.2) is 6.29 Å². The van der Waals surface area contributed by atoms with E-state index >= 15 is 0 Å². The van der Waals surface area contributed by atoms with E-state index < -0.39 is 12.0 Å². The predicted molar refractivity (Wildman–Crippen MR) is 142 cm³/mol. The summed E-state index contributed by atoms with van der Waals surface area (Å²) >= 11 is 0.974. The highest BCUT2D eigenvalue weighted by molar-refractivity contribution is 7.99. The maximum absolute atomic E-state index is 14.5. The number of nitrogens with zero attached hydrogens (tertiary/aromatic N) is 1. The van der Waals surface area contributed by atoms with Gasteiger partial charge in [0, 0.05) is 41.6 Å². The minimum Gasteiger partial charge on any atom is -0.449 e. The van der Waals surface area contributed by atoms with Crippen LogP contribution in [0.1, 0.15) is 45.5 Å². The van der Waals surface area contributed by atoms with Crippen molar-refractivity contribution in [2.45, 2.75) is 35.2 Å². The number of carbonyl (C=O) groups excluding carboxylic acids is 2. The molecule has 0 saturated heterocycles. The SMILES string of the molecule is CC(F)(F)c1cccc(CNC(=O)OCC2c3ccccc3-c3ccccc32)c1Sc1ncccc1C=O. The molecule has 0 unspecified atom stereocenters. The first kappa shape index (κ1) is 25.6. The highest BCUT2D eigenvalue weighted by Crippen LogP contribution is 2.44. The van der Waals surface area contributed by atoms with E-state index in [-0.39, 0.29) is 29.5 Å².